The first-order chi connectivity index (χ1) is 15.5. The molecule has 0 spiro atoms. The maximum atomic E-state index is 13.9. The number of halogens is 2. The molecule has 0 N–H and O–H groups in total. The van der Waals surface area contributed by atoms with Crippen LogP contribution in [0.25, 0.3) is 0 Å². The third kappa shape index (κ3) is 6.15. The number of benzene rings is 1. The summed E-state index contributed by atoms with van der Waals surface area (Å²) in [5.41, 5.74) is 3.18. The van der Waals surface area contributed by atoms with E-state index in [1.54, 1.807) is 0 Å². The number of alkyl halides is 2. The Labute approximate surface area is 200 Å². The molecule has 3 heterocycles. The normalized spacial score (nSPS) is 28.5. The minimum atomic E-state index is -2.53. The minimum Gasteiger partial charge on any atom is -0.300 e. The zero-order chi connectivity index (χ0) is 23.8. The fraction of sp³-hybridized carbons (Fsp3) is 0.786. The van der Waals surface area contributed by atoms with Crippen LogP contribution in [-0.4, -0.2) is 71.5 Å². The molecule has 5 heteroatoms. The molecule has 4 rings (SSSR count). The quantitative estimate of drug-likeness (QED) is 0.447. The minimum absolute atomic E-state index is 0.0379. The zero-order valence-corrected chi connectivity index (χ0v) is 21.5. The lowest BCUT2D eigenvalue weighted by atomic mass is 9.82. The number of hydrogen-bond acceptors (Lipinski definition) is 3. The van der Waals surface area contributed by atoms with Gasteiger partial charge >= 0.3 is 0 Å². The molecule has 4 unspecified atom stereocenters. The van der Waals surface area contributed by atoms with Crippen LogP contribution < -0.4 is 0 Å². The molecule has 4 atom stereocenters. The van der Waals surface area contributed by atoms with Gasteiger partial charge in [0.2, 0.25) is 0 Å². The molecule has 1 aromatic carbocycles. The number of rotatable bonds is 9. The fourth-order valence-corrected chi connectivity index (χ4v) is 6.26. The van der Waals surface area contributed by atoms with E-state index in [1.165, 1.54) is 50.0 Å². The maximum Gasteiger partial charge on any atom is 0.260 e. The third-order valence-electron chi connectivity index (χ3n) is 8.43. The molecule has 0 aliphatic carbocycles. The van der Waals surface area contributed by atoms with E-state index in [1.807, 2.05) is 4.90 Å². The number of hydrogen-bond donors (Lipinski definition) is 0. The highest BCUT2D eigenvalue weighted by Crippen LogP contribution is 2.37. The van der Waals surface area contributed by atoms with E-state index in [2.05, 4.69) is 68.7 Å². The summed E-state index contributed by atoms with van der Waals surface area (Å²) in [7, 11) is 0. The van der Waals surface area contributed by atoms with Crippen LogP contribution in [0.1, 0.15) is 83.9 Å². The molecule has 3 fully saturated rings. The third-order valence-corrected chi connectivity index (χ3v) is 8.43. The van der Waals surface area contributed by atoms with Gasteiger partial charge in [0.1, 0.15) is 0 Å². The maximum absolute atomic E-state index is 13.9. The molecule has 3 aliphatic rings. The van der Waals surface area contributed by atoms with Crippen LogP contribution in [0.5, 0.6) is 0 Å². The highest BCUT2D eigenvalue weighted by Gasteiger charge is 2.38. The lowest BCUT2D eigenvalue weighted by molar-refractivity contribution is -0.0731. The van der Waals surface area contributed by atoms with Crippen molar-refractivity contribution in [1.82, 2.24) is 14.7 Å². The molecular weight excluding hydrogens is 416 g/mol. The predicted octanol–water partition coefficient (Wildman–Crippen LogP) is 5.99. The van der Waals surface area contributed by atoms with Crippen molar-refractivity contribution in [3.63, 3.8) is 0 Å². The van der Waals surface area contributed by atoms with Crippen LogP contribution in [0, 0.1) is 5.41 Å². The Bertz CT molecular complexity index is 787. The number of nitrogens with zero attached hydrogens (tertiary/aromatic N) is 3. The average molecular weight is 462 g/mol. The van der Waals surface area contributed by atoms with Crippen molar-refractivity contribution in [2.24, 2.45) is 5.41 Å². The van der Waals surface area contributed by atoms with Crippen molar-refractivity contribution in [3.05, 3.63) is 35.4 Å². The fourth-order valence-electron chi connectivity index (χ4n) is 6.26. The van der Waals surface area contributed by atoms with Gasteiger partial charge in [-0.3, -0.25) is 14.7 Å². The highest BCUT2D eigenvalue weighted by atomic mass is 19.3. The summed E-state index contributed by atoms with van der Waals surface area (Å²) in [6, 6.07) is 10.9. The Morgan fingerprint density at radius 2 is 1.67 bits per heavy atom. The van der Waals surface area contributed by atoms with Gasteiger partial charge in [-0.2, -0.15) is 0 Å². The summed E-state index contributed by atoms with van der Waals surface area (Å²) in [4.78, 5) is 7.28. The molecule has 0 amide bonds. The van der Waals surface area contributed by atoms with Gasteiger partial charge in [-0.15, -0.1) is 0 Å². The smallest absolute Gasteiger partial charge is 0.260 e. The van der Waals surface area contributed by atoms with Gasteiger partial charge in [0.25, 0.3) is 5.92 Å². The average Bonchev–Trinajstić information content (AvgIpc) is 2.69. The largest absolute Gasteiger partial charge is 0.300 e. The molecule has 3 aliphatic heterocycles. The lowest BCUT2D eigenvalue weighted by Gasteiger charge is -2.50. The van der Waals surface area contributed by atoms with Crippen LogP contribution in [0.3, 0.4) is 0 Å². The molecule has 3 saturated heterocycles. The molecule has 33 heavy (non-hydrogen) atoms. The van der Waals surface area contributed by atoms with Crippen LogP contribution in [0.15, 0.2) is 24.3 Å². The summed E-state index contributed by atoms with van der Waals surface area (Å²) in [6.45, 7) is 15.9. The van der Waals surface area contributed by atoms with E-state index in [-0.39, 0.29) is 19.0 Å². The van der Waals surface area contributed by atoms with E-state index < -0.39 is 5.92 Å². The lowest BCUT2D eigenvalue weighted by Crippen LogP contribution is -2.56. The first kappa shape index (κ1) is 25.1. The second-order valence-corrected chi connectivity index (χ2v) is 12.1. The molecule has 0 bridgehead atoms. The molecule has 0 radical (unpaired) electrons. The molecule has 3 nitrogen and oxygen atoms in total. The van der Waals surface area contributed by atoms with Crippen molar-refractivity contribution in [3.8, 4) is 0 Å². The van der Waals surface area contributed by atoms with E-state index in [4.69, 9.17) is 0 Å². The van der Waals surface area contributed by atoms with Gasteiger partial charge < -0.3 is 0 Å². The Hall–Kier alpha value is -1.04. The zero-order valence-electron chi connectivity index (χ0n) is 21.5. The monoisotopic (exact) mass is 461 g/mol. The van der Waals surface area contributed by atoms with Gasteiger partial charge in [0, 0.05) is 50.2 Å². The topological polar surface area (TPSA) is 9.72 Å². The first-order valence-electron chi connectivity index (χ1n) is 13.2. The molecule has 0 aromatic heterocycles. The Balaban J connectivity index is 1.29. The SMILES string of the molecule is CC(CCC(C)N1CCC1c1cccc(CC(C)N2CCCC(F)(F)C2)c1)N1CC(C)(C)C1. The van der Waals surface area contributed by atoms with Gasteiger partial charge in [-0.1, -0.05) is 38.1 Å². The first-order valence-corrected chi connectivity index (χ1v) is 13.2. The standard InChI is InChI=1S/C28H45F2N3/c1-21(32-18-27(4,5)19-32)10-11-22(2)33-15-12-26(33)25-9-6-8-24(17-25)16-23(3)31-14-7-13-28(29,30)20-31/h6,8-9,17,21-23,26H,7,10-16,18-20H2,1-5H3. The Morgan fingerprint density at radius 1 is 0.939 bits per heavy atom. The van der Waals surface area contributed by atoms with Gasteiger partial charge in [0.15, 0.2) is 0 Å². The molecule has 1 aromatic rings. The Morgan fingerprint density at radius 3 is 2.30 bits per heavy atom. The van der Waals surface area contributed by atoms with Crippen molar-refractivity contribution in [1.29, 1.82) is 0 Å². The van der Waals surface area contributed by atoms with Crippen molar-refractivity contribution in [2.45, 2.75) is 103 Å². The van der Waals surface area contributed by atoms with E-state index in [9.17, 15) is 8.78 Å². The summed E-state index contributed by atoms with van der Waals surface area (Å²) < 4.78 is 27.7. The van der Waals surface area contributed by atoms with Gasteiger partial charge in [-0.05, 0) is 76.0 Å². The Kier molecular flexibility index (Phi) is 7.53. The van der Waals surface area contributed by atoms with E-state index in [0.717, 1.165) is 13.0 Å². The number of piperidine rings is 1. The summed E-state index contributed by atoms with van der Waals surface area (Å²) in [5, 5.41) is 0. The predicted molar refractivity (Wildman–Crippen MR) is 133 cm³/mol. The molecular formula is C28H45F2N3. The molecule has 0 saturated carbocycles. The summed E-state index contributed by atoms with van der Waals surface area (Å²) in [5.74, 6) is -2.53. The van der Waals surface area contributed by atoms with E-state index in [0.29, 0.717) is 30.0 Å². The van der Waals surface area contributed by atoms with Crippen LogP contribution >= 0.6 is 0 Å². The summed E-state index contributed by atoms with van der Waals surface area (Å²) in [6.07, 6.45) is 5.21. The van der Waals surface area contributed by atoms with Crippen molar-refractivity contribution in [2.75, 3.05) is 32.7 Å². The molecule has 186 valence electrons. The van der Waals surface area contributed by atoms with Crippen LogP contribution in [-0.2, 0) is 6.42 Å². The van der Waals surface area contributed by atoms with Crippen LogP contribution in [0.4, 0.5) is 8.78 Å². The second-order valence-electron chi connectivity index (χ2n) is 12.1. The van der Waals surface area contributed by atoms with E-state index >= 15 is 0 Å². The highest BCUT2D eigenvalue weighted by molar-refractivity contribution is 5.28. The summed E-state index contributed by atoms with van der Waals surface area (Å²) >= 11 is 0. The van der Waals surface area contributed by atoms with Crippen molar-refractivity contribution >= 4 is 0 Å². The van der Waals surface area contributed by atoms with Crippen molar-refractivity contribution < 1.29 is 8.78 Å². The van der Waals surface area contributed by atoms with Gasteiger partial charge in [0.05, 0.1) is 6.54 Å². The van der Waals surface area contributed by atoms with Crippen LogP contribution in [0.2, 0.25) is 0 Å². The second kappa shape index (κ2) is 9.91. The van der Waals surface area contributed by atoms with Gasteiger partial charge in [-0.25, -0.2) is 8.78 Å². The number of likely N-dealkylation sites (tertiary alicyclic amines) is 3.